The van der Waals surface area contributed by atoms with Crippen LogP contribution in [0.1, 0.15) is 15.9 Å². The van der Waals surface area contributed by atoms with Gasteiger partial charge in [-0.05, 0) is 18.4 Å². The summed E-state index contributed by atoms with van der Waals surface area (Å²) in [7, 11) is 0. The first-order valence-corrected chi connectivity index (χ1v) is 5.65. The zero-order valence-corrected chi connectivity index (χ0v) is 9.08. The van der Waals surface area contributed by atoms with Crippen LogP contribution in [-0.2, 0) is 6.18 Å². The number of carbonyl (C=O) groups excluding carboxylic acids is 1. The van der Waals surface area contributed by atoms with Crippen LogP contribution in [0, 0.1) is 5.82 Å². The topological polar surface area (TPSA) is 17.1 Å². The third-order valence-electron chi connectivity index (χ3n) is 1.88. The monoisotopic (exact) mass is 252 g/mol. The normalized spacial score (nSPS) is 11.6. The molecule has 88 valence electrons. The van der Waals surface area contributed by atoms with Gasteiger partial charge < -0.3 is 0 Å². The van der Waals surface area contributed by atoms with Crippen LogP contribution in [0.25, 0.3) is 0 Å². The fraction of sp³-hybridized carbons (Fsp3) is 0.300. The average Bonchev–Trinajstić information content (AvgIpc) is 2.16. The van der Waals surface area contributed by atoms with E-state index in [1.807, 2.05) is 0 Å². The minimum Gasteiger partial charge on any atom is -0.293 e. The van der Waals surface area contributed by atoms with E-state index in [1.165, 1.54) is 0 Å². The summed E-state index contributed by atoms with van der Waals surface area (Å²) in [6.45, 7) is 0. The molecule has 1 aromatic rings. The number of carbonyl (C=O) groups is 1. The van der Waals surface area contributed by atoms with Crippen LogP contribution in [0.2, 0.25) is 0 Å². The molecule has 0 aliphatic carbocycles. The highest BCUT2D eigenvalue weighted by Gasteiger charge is 2.35. The summed E-state index contributed by atoms with van der Waals surface area (Å²) in [6.07, 6.45) is -3.16. The lowest BCUT2D eigenvalue weighted by Crippen LogP contribution is -2.13. The lowest BCUT2D eigenvalue weighted by molar-refractivity contribution is -0.140. The van der Waals surface area contributed by atoms with Crippen molar-refractivity contribution in [1.82, 2.24) is 0 Å². The number of benzene rings is 1. The Hall–Kier alpha value is -1.04. The molecule has 0 bridgehead atoms. The van der Waals surface area contributed by atoms with Gasteiger partial charge in [0.2, 0.25) is 0 Å². The predicted molar refractivity (Wildman–Crippen MR) is 54.1 cm³/mol. The molecule has 0 aliphatic heterocycles. The molecule has 6 heteroatoms. The quantitative estimate of drug-likeness (QED) is 0.606. The summed E-state index contributed by atoms with van der Waals surface area (Å²) in [5, 5.41) is 0. The van der Waals surface area contributed by atoms with Crippen LogP contribution < -0.4 is 0 Å². The maximum Gasteiger partial charge on any atom is 0.419 e. The van der Waals surface area contributed by atoms with Gasteiger partial charge >= 0.3 is 6.18 Å². The minimum absolute atomic E-state index is 0.0434. The van der Waals surface area contributed by atoms with Crippen molar-refractivity contribution < 1.29 is 22.4 Å². The number of halogens is 4. The second-order valence-electron chi connectivity index (χ2n) is 3.02. The molecule has 0 saturated heterocycles. The van der Waals surface area contributed by atoms with Crippen molar-refractivity contribution in [1.29, 1.82) is 0 Å². The zero-order valence-electron chi connectivity index (χ0n) is 8.27. The molecule has 0 amide bonds. The van der Waals surface area contributed by atoms with E-state index in [0.29, 0.717) is 6.07 Å². The second kappa shape index (κ2) is 4.86. The number of thioether (sulfide) groups is 1. The second-order valence-corrected chi connectivity index (χ2v) is 3.89. The predicted octanol–water partition coefficient (Wildman–Crippen LogP) is 3.39. The molecule has 1 nitrogen and oxygen atoms in total. The van der Waals surface area contributed by atoms with Crippen LogP contribution >= 0.6 is 11.8 Å². The standard InChI is InChI=1S/C10H8F4OS/c1-16-5-8(15)6-3-2-4-7(9(6)11)10(12,13)14/h2-4H,5H2,1H3. The molecule has 0 unspecified atom stereocenters. The molecular weight excluding hydrogens is 244 g/mol. The van der Waals surface area contributed by atoms with Gasteiger partial charge in [0.15, 0.2) is 5.78 Å². The fourth-order valence-corrected chi connectivity index (χ4v) is 1.59. The lowest BCUT2D eigenvalue weighted by atomic mass is 10.1. The molecule has 0 aromatic heterocycles. The lowest BCUT2D eigenvalue weighted by Gasteiger charge is -2.10. The fourth-order valence-electron chi connectivity index (χ4n) is 1.18. The first-order chi connectivity index (χ1) is 7.38. The third-order valence-corrected chi connectivity index (χ3v) is 2.43. The molecular formula is C10H8F4OS. The number of hydrogen-bond acceptors (Lipinski definition) is 2. The van der Waals surface area contributed by atoms with Crippen LogP contribution in [0.3, 0.4) is 0 Å². The Morgan fingerprint density at radius 3 is 2.50 bits per heavy atom. The molecule has 0 N–H and O–H groups in total. The number of Topliss-reactive ketones (excluding diaryl/α,β-unsaturated/α-hetero) is 1. The van der Waals surface area contributed by atoms with Gasteiger partial charge in [0.05, 0.1) is 16.9 Å². The molecule has 0 spiro atoms. The van der Waals surface area contributed by atoms with E-state index in [1.54, 1.807) is 6.26 Å². The summed E-state index contributed by atoms with van der Waals surface area (Å²) < 4.78 is 50.4. The largest absolute Gasteiger partial charge is 0.419 e. The van der Waals surface area contributed by atoms with Gasteiger partial charge in [-0.15, -0.1) is 0 Å². The van der Waals surface area contributed by atoms with Crippen molar-refractivity contribution >= 4 is 17.5 Å². The summed E-state index contributed by atoms with van der Waals surface area (Å²) >= 11 is 1.13. The Morgan fingerprint density at radius 2 is 2.00 bits per heavy atom. The van der Waals surface area contributed by atoms with Gasteiger partial charge in [-0.3, -0.25) is 4.79 Å². The Labute approximate surface area is 93.8 Å². The van der Waals surface area contributed by atoms with Gasteiger partial charge in [-0.1, -0.05) is 6.07 Å². The highest BCUT2D eigenvalue weighted by Crippen LogP contribution is 2.32. The summed E-state index contributed by atoms with van der Waals surface area (Å²) in [6, 6.07) is 2.70. The summed E-state index contributed by atoms with van der Waals surface area (Å²) in [4.78, 5) is 11.3. The highest BCUT2D eigenvalue weighted by atomic mass is 32.2. The highest BCUT2D eigenvalue weighted by molar-refractivity contribution is 7.99. The average molecular weight is 252 g/mol. The first-order valence-electron chi connectivity index (χ1n) is 4.25. The van der Waals surface area contributed by atoms with Crippen molar-refractivity contribution in [2.45, 2.75) is 6.18 Å². The van der Waals surface area contributed by atoms with E-state index in [-0.39, 0.29) is 5.75 Å². The summed E-state index contributed by atoms with van der Waals surface area (Å²) in [5.74, 6) is -2.18. The number of rotatable bonds is 3. The van der Waals surface area contributed by atoms with Crippen molar-refractivity contribution in [3.63, 3.8) is 0 Å². The van der Waals surface area contributed by atoms with Crippen molar-refractivity contribution in [3.05, 3.63) is 35.1 Å². The van der Waals surface area contributed by atoms with Gasteiger partial charge in [0.1, 0.15) is 5.82 Å². The molecule has 16 heavy (non-hydrogen) atoms. The minimum atomic E-state index is -4.78. The SMILES string of the molecule is CSCC(=O)c1cccc(C(F)(F)F)c1F. The molecule has 0 heterocycles. The Balaban J connectivity index is 3.19. The first kappa shape index (κ1) is 13.0. The van der Waals surface area contributed by atoms with Gasteiger partial charge in [0.25, 0.3) is 0 Å². The molecule has 1 aromatic carbocycles. The molecule has 0 aliphatic rings. The van der Waals surface area contributed by atoms with Gasteiger partial charge in [-0.2, -0.15) is 24.9 Å². The maximum atomic E-state index is 13.4. The number of ketones is 1. The van der Waals surface area contributed by atoms with E-state index in [4.69, 9.17) is 0 Å². The molecule has 0 radical (unpaired) electrons. The molecule has 1 rings (SSSR count). The number of hydrogen-bond donors (Lipinski definition) is 0. The Morgan fingerprint density at radius 1 is 1.38 bits per heavy atom. The summed E-state index contributed by atoms with van der Waals surface area (Å²) in [5.41, 5.74) is -1.91. The van der Waals surface area contributed by atoms with Crippen molar-refractivity contribution in [3.8, 4) is 0 Å². The number of alkyl halides is 3. The van der Waals surface area contributed by atoms with Crippen LogP contribution in [0.15, 0.2) is 18.2 Å². The van der Waals surface area contributed by atoms with E-state index in [2.05, 4.69) is 0 Å². The van der Waals surface area contributed by atoms with Gasteiger partial charge in [-0.25, -0.2) is 4.39 Å². The van der Waals surface area contributed by atoms with Crippen molar-refractivity contribution in [2.75, 3.05) is 12.0 Å². The Kier molecular flexibility index (Phi) is 3.96. The van der Waals surface area contributed by atoms with E-state index in [9.17, 15) is 22.4 Å². The van der Waals surface area contributed by atoms with Crippen LogP contribution in [-0.4, -0.2) is 17.8 Å². The van der Waals surface area contributed by atoms with Crippen molar-refractivity contribution in [2.24, 2.45) is 0 Å². The van der Waals surface area contributed by atoms with Crippen LogP contribution in [0.4, 0.5) is 17.6 Å². The smallest absolute Gasteiger partial charge is 0.293 e. The van der Waals surface area contributed by atoms with E-state index < -0.39 is 28.9 Å². The zero-order chi connectivity index (χ0) is 12.3. The Bertz CT molecular complexity index is 400. The van der Waals surface area contributed by atoms with E-state index >= 15 is 0 Å². The van der Waals surface area contributed by atoms with E-state index in [0.717, 1.165) is 23.9 Å². The maximum absolute atomic E-state index is 13.4. The third kappa shape index (κ3) is 2.75. The molecule has 0 atom stereocenters. The van der Waals surface area contributed by atoms with Gasteiger partial charge in [0, 0.05) is 0 Å². The molecule has 0 saturated carbocycles. The molecule has 0 fully saturated rings. The van der Waals surface area contributed by atoms with Crippen LogP contribution in [0.5, 0.6) is 0 Å².